The number of halogens is 1. The van der Waals surface area contributed by atoms with Gasteiger partial charge in [0.2, 0.25) is 11.8 Å². The Labute approximate surface area is 201 Å². The van der Waals surface area contributed by atoms with Gasteiger partial charge in [0.15, 0.2) is 0 Å². The minimum atomic E-state index is -0.811. The molecule has 0 spiro atoms. The zero-order chi connectivity index (χ0) is 24.6. The van der Waals surface area contributed by atoms with Crippen LogP contribution in [0.2, 0.25) is 5.02 Å². The number of hydrazone groups is 1. The molecule has 2 heterocycles. The van der Waals surface area contributed by atoms with Crippen LogP contribution in [0.5, 0.6) is 5.88 Å². The zero-order valence-corrected chi connectivity index (χ0v) is 19.8. The molecule has 2 N–H and O–H groups in total. The third kappa shape index (κ3) is 4.28. The fourth-order valence-electron chi connectivity index (χ4n) is 4.06. The molecule has 3 aromatic rings. The summed E-state index contributed by atoms with van der Waals surface area (Å²) in [4.78, 5) is 40.2. The second-order valence-corrected chi connectivity index (χ2v) is 8.89. The van der Waals surface area contributed by atoms with Crippen molar-refractivity contribution < 1.29 is 9.90 Å². The molecule has 176 valence electrons. The monoisotopic (exact) mass is 480 g/mol. The van der Waals surface area contributed by atoms with Crippen molar-refractivity contribution in [1.82, 2.24) is 14.6 Å². The molecule has 1 atom stereocenters. The number of hydrogen-bond acceptors (Lipinski definition) is 5. The lowest BCUT2D eigenvalue weighted by molar-refractivity contribution is -0.132. The molecule has 1 amide bonds. The van der Waals surface area contributed by atoms with E-state index in [4.69, 9.17) is 11.6 Å². The van der Waals surface area contributed by atoms with Gasteiger partial charge < -0.3 is 5.11 Å². The molecule has 1 aliphatic rings. The van der Waals surface area contributed by atoms with Crippen molar-refractivity contribution >= 4 is 23.2 Å². The summed E-state index contributed by atoms with van der Waals surface area (Å²) in [6.07, 6.45) is 0.429. The van der Waals surface area contributed by atoms with Crippen LogP contribution >= 0.6 is 11.6 Å². The van der Waals surface area contributed by atoms with Crippen LogP contribution in [0.25, 0.3) is 5.69 Å². The second kappa shape index (κ2) is 9.30. The summed E-state index contributed by atoms with van der Waals surface area (Å²) >= 11 is 6.05. The van der Waals surface area contributed by atoms with E-state index in [0.29, 0.717) is 10.9 Å². The first-order valence-corrected chi connectivity index (χ1v) is 11.4. The van der Waals surface area contributed by atoms with Gasteiger partial charge in [-0.05, 0) is 35.2 Å². The number of carbonyl (C=O) groups is 1. The number of aromatic hydroxyl groups is 1. The number of aromatic amines is 1. The highest BCUT2D eigenvalue weighted by atomic mass is 35.5. The van der Waals surface area contributed by atoms with Gasteiger partial charge in [-0.15, -0.1) is 0 Å². The molecule has 8 nitrogen and oxygen atoms in total. The van der Waals surface area contributed by atoms with Crippen LogP contribution in [0.1, 0.15) is 62.3 Å². The smallest absolute Gasteiger partial charge is 0.335 e. The average Bonchev–Trinajstić information content (AvgIpc) is 3.23. The van der Waals surface area contributed by atoms with Crippen molar-refractivity contribution in [2.45, 2.75) is 45.6 Å². The fourth-order valence-corrected chi connectivity index (χ4v) is 4.24. The highest BCUT2D eigenvalue weighted by Gasteiger charge is 2.35. The third-order valence-corrected chi connectivity index (χ3v) is 6.13. The Bertz CT molecular complexity index is 1390. The summed E-state index contributed by atoms with van der Waals surface area (Å²) < 4.78 is 0.960. The molecule has 0 unspecified atom stereocenters. The highest BCUT2D eigenvalue weighted by Crippen LogP contribution is 2.35. The fraction of sp³-hybridized carbons (Fsp3) is 0.280. The number of carbonyl (C=O) groups excluding carboxylic acids is 1. The van der Waals surface area contributed by atoms with Crippen molar-refractivity contribution in [3.8, 4) is 11.6 Å². The Kier molecular flexibility index (Phi) is 6.43. The Balaban J connectivity index is 1.81. The van der Waals surface area contributed by atoms with Gasteiger partial charge in [0.25, 0.3) is 5.56 Å². The molecule has 2 aromatic carbocycles. The lowest BCUT2D eigenvalue weighted by Crippen LogP contribution is -2.33. The lowest BCUT2D eigenvalue weighted by Gasteiger charge is -2.22. The van der Waals surface area contributed by atoms with E-state index in [-0.39, 0.29) is 35.7 Å². The maximum absolute atomic E-state index is 12.8. The van der Waals surface area contributed by atoms with Crippen LogP contribution in [-0.2, 0) is 4.79 Å². The van der Waals surface area contributed by atoms with Gasteiger partial charge in [-0.1, -0.05) is 62.7 Å². The van der Waals surface area contributed by atoms with E-state index in [1.54, 1.807) is 25.1 Å². The summed E-state index contributed by atoms with van der Waals surface area (Å²) in [5.41, 5.74) is 0.786. The van der Waals surface area contributed by atoms with Gasteiger partial charge in [0.1, 0.15) is 5.56 Å². The number of amides is 1. The zero-order valence-electron chi connectivity index (χ0n) is 19.1. The molecule has 0 aliphatic carbocycles. The predicted octanol–water partition coefficient (Wildman–Crippen LogP) is 4.10. The van der Waals surface area contributed by atoms with E-state index < -0.39 is 23.2 Å². The first-order chi connectivity index (χ1) is 16.2. The van der Waals surface area contributed by atoms with Crippen LogP contribution in [0.4, 0.5) is 0 Å². The van der Waals surface area contributed by atoms with E-state index in [0.717, 1.165) is 10.1 Å². The minimum Gasteiger partial charge on any atom is -0.493 e. The quantitative estimate of drug-likeness (QED) is 0.573. The maximum Gasteiger partial charge on any atom is 0.335 e. The third-order valence-electron chi connectivity index (χ3n) is 5.90. The van der Waals surface area contributed by atoms with Crippen molar-refractivity contribution in [1.29, 1.82) is 0 Å². The molecule has 0 bridgehead atoms. The summed E-state index contributed by atoms with van der Waals surface area (Å²) in [5, 5.41) is 17.1. The number of nitrogens with zero attached hydrogens (tertiary/aromatic N) is 3. The van der Waals surface area contributed by atoms with E-state index >= 15 is 0 Å². The molecule has 0 fully saturated rings. The summed E-state index contributed by atoms with van der Waals surface area (Å²) in [5.74, 6) is -0.414. The standard InChI is InChI=1S/C25H25ClN4O4/c1-4-21(31)30-20(16-10-8-15(9-11-16)14(2)3)13-19(28-30)22-23(32)27-25(34)29(24(22)33)18-7-5-6-17(26)12-18/h5-12,14,20,33H,4,13H2,1-3H3,(H,27,32,34)/t20-/m1/s1. The molecular formula is C25H25ClN4O4. The molecule has 9 heteroatoms. The first kappa shape index (κ1) is 23.5. The molecule has 34 heavy (non-hydrogen) atoms. The molecule has 4 rings (SSSR count). The lowest BCUT2D eigenvalue weighted by atomic mass is 9.95. The maximum atomic E-state index is 12.8. The van der Waals surface area contributed by atoms with Crippen LogP contribution in [0, 0.1) is 0 Å². The number of H-pyrrole nitrogens is 1. The largest absolute Gasteiger partial charge is 0.493 e. The second-order valence-electron chi connectivity index (χ2n) is 8.45. The summed E-state index contributed by atoms with van der Waals surface area (Å²) in [7, 11) is 0. The van der Waals surface area contributed by atoms with Crippen LogP contribution in [-0.4, -0.2) is 31.3 Å². The van der Waals surface area contributed by atoms with Crippen molar-refractivity contribution in [3.63, 3.8) is 0 Å². The average molecular weight is 481 g/mol. The number of rotatable bonds is 5. The number of benzene rings is 2. The predicted molar refractivity (Wildman–Crippen MR) is 131 cm³/mol. The van der Waals surface area contributed by atoms with Gasteiger partial charge in [-0.25, -0.2) is 14.4 Å². The molecule has 1 aromatic heterocycles. The van der Waals surface area contributed by atoms with Crippen molar-refractivity contribution in [2.24, 2.45) is 5.10 Å². The Hall–Kier alpha value is -3.65. The Morgan fingerprint density at radius 3 is 2.53 bits per heavy atom. The molecule has 0 saturated heterocycles. The Morgan fingerprint density at radius 1 is 1.21 bits per heavy atom. The minimum absolute atomic E-state index is 0.158. The van der Waals surface area contributed by atoms with E-state index in [9.17, 15) is 19.5 Å². The van der Waals surface area contributed by atoms with Crippen LogP contribution in [0.15, 0.2) is 63.2 Å². The summed E-state index contributed by atoms with van der Waals surface area (Å²) in [6, 6.07) is 13.8. The van der Waals surface area contributed by atoms with Gasteiger partial charge >= 0.3 is 5.69 Å². The van der Waals surface area contributed by atoms with Gasteiger partial charge in [-0.2, -0.15) is 5.10 Å². The topological polar surface area (TPSA) is 108 Å². The normalized spacial score (nSPS) is 15.6. The van der Waals surface area contributed by atoms with Crippen LogP contribution < -0.4 is 11.2 Å². The van der Waals surface area contributed by atoms with E-state index in [1.165, 1.54) is 16.6 Å². The highest BCUT2D eigenvalue weighted by molar-refractivity contribution is 6.30. The van der Waals surface area contributed by atoms with Crippen LogP contribution in [0.3, 0.4) is 0 Å². The van der Waals surface area contributed by atoms with Gasteiger partial charge in [-0.3, -0.25) is 14.6 Å². The van der Waals surface area contributed by atoms with Crippen molar-refractivity contribution in [2.75, 3.05) is 0 Å². The van der Waals surface area contributed by atoms with Gasteiger partial charge in [0.05, 0.1) is 17.4 Å². The van der Waals surface area contributed by atoms with E-state index in [2.05, 4.69) is 23.9 Å². The summed E-state index contributed by atoms with van der Waals surface area (Å²) in [6.45, 7) is 5.93. The van der Waals surface area contributed by atoms with Gasteiger partial charge in [0, 0.05) is 17.9 Å². The molecular weight excluding hydrogens is 456 g/mol. The number of hydrogen-bond donors (Lipinski definition) is 2. The van der Waals surface area contributed by atoms with Crippen molar-refractivity contribution in [3.05, 3.63) is 91.1 Å². The SMILES string of the molecule is CCC(=O)N1N=C(c2c(O)n(-c3cccc(Cl)c3)c(=O)[nH]c2=O)C[C@@H]1c1ccc(C(C)C)cc1. The number of nitrogens with one attached hydrogen (secondary N) is 1. The molecule has 0 radical (unpaired) electrons. The van der Waals surface area contributed by atoms with E-state index in [1.807, 2.05) is 24.3 Å². The molecule has 0 saturated carbocycles. The Morgan fingerprint density at radius 2 is 1.91 bits per heavy atom. The molecule has 1 aliphatic heterocycles. The first-order valence-electron chi connectivity index (χ1n) is 11.0. The number of aromatic nitrogens is 2.